The number of aromatic nitrogens is 1. The number of hydrogen-bond acceptors (Lipinski definition) is 5. The molecule has 82 valence electrons. The quantitative estimate of drug-likeness (QED) is 0.819. The van der Waals surface area contributed by atoms with Crippen LogP contribution in [0.15, 0.2) is 40.5 Å². The van der Waals surface area contributed by atoms with E-state index in [0.29, 0.717) is 16.7 Å². The molecule has 1 aromatic heterocycles. The van der Waals surface area contributed by atoms with Crippen molar-refractivity contribution < 1.29 is 9.47 Å². The van der Waals surface area contributed by atoms with E-state index in [-0.39, 0.29) is 5.56 Å². The third-order valence-corrected chi connectivity index (χ3v) is 2.48. The Morgan fingerprint density at radius 1 is 1.25 bits per heavy atom. The molecule has 0 amide bonds. The van der Waals surface area contributed by atoms with E-state index in [1.165, 1.54) is 17.4 Å². The van der Waals surface area contributed by atoms with Gasteiger partial charge in [-0.05, 0) is 12.1 Å². The van der Waals surface area contributed by atoms with Crippen molar-refractivity contribution in [2.75, 3.05) is 7.11 Å². The van der Waals surface area contributed by atoms with Crippen molar-refractivity contribution in [1.29, 1.82) is 0 Å². The van der Waals surface area contributed by atoms with Crippen LogP contribution in [0.5, 0.6) is 16.7 Å². The lowest BCUT2D eigenvalue weighted by Gasteiger charge is -2.04. The SMILES string of the molecule is COc1cccc(Oc2nc(=O)ccs2)c1. The summed E-state index contributed by atoms with van der Waals surface area (Å²) >= 11 is 1.26. The van der Waals surface area contributed by atoms with Gasteiger partial charge in [0, 0.05) is 17.5 Å². The monoisotopic (exact) mass is 235 g/mol. The molecule has 0 bridgehead atoms. The predicted molar refractivity (Wildman–Crippen MR) is 61.5 cm³/mol. The molecule has 2 aromatic rings. The second-order valence-electron chi connectivity index (χ2n) is 2.92. The molecule has 0 fully saturated rings. The highest BCUT2D eigenvalue weighted by Crippen LogP contribution is 2.24. The fraction of sp³-hybridized carbons (Fsp3) is 0.0909. The molecule has 0 saturated heterocycles. The van der Waals surface area contributed by atoms with E-state index in [1.807, 2.05) is 6.07 Å². The van der Waals surface area contributed by atoms with Gasteiger partial charge in [0.2, 0.25) is 0 Å². The van der Waals surface area contributed by atoms with Crippen LogP contribution in [0.4, 0.5) is 0 Å². The van der Waals surface area contributed by atoms with E-state index in [9.17, 15) is 4.79 Å². The largest absolute Gasteiger partial charge is 0.497 e. The van der Waals surface area contributed by atoms with Crippen molar-refractivity contribution in [3.05, 3.63) is 46.1 Å². The Labute approximate surface area is 96.1 Å². The molecule has 0 aliphatic carbocycles. The Bertz CT molecular complexity index is 539. The molecule has 0 radical (unpaired) electrons. The van der Waals surface area contributed by atoms with E-state index >= 15 is 0 Å². The highest BCUT2D eigenvalue weighted by molar-refractivity contribution is 7.11. The van der Waals surface area contributed by atoms with Gasteiger partial charge in [-0.15, -0.1) is 0 Å². The first-order chi connectivity index (χ1) is 7.78. The van der Waals surface area contributed by atoms with Gasteiger partial charge < -0.3 is 9.47 Å². The maximum Gasteiger partial charge on any atom is 0.282 e. The molecule has 16 heavy (non-hydrogen) atoms. The minimum atomic E-state index is -0.309. The predicted octanol–water partition coefficient (Wildman–Crippen LogP) is 2.30. The van der Waals surface area contributed by atoms with Crippen LogP contribution in [0.2, 0.25) is 0 Å². The standard InChI is InChI=1S/C11H9NO3S/c1-14-8-3-2-4-9(7-8)15-11-12-10(13)5-6-16-11/h2-7H,1H3. The van der Waals surface area contributed by atoms with Gasteiger partial charge in [0.25, 0.3) is 10.8 Å². The summed E-state index contributed by atoms with van der Waals surface area (Å²) in [7, 11) is 1.58. The summed E-state index contributed by atoms with van der Waals surface area (Å²) in [5.41, 5.74) is -0.309. The normalized spacial score (nSPS) is 9.81. The zero-order valence-corrected chi connectivity index (χ0v) is 9.36. The molecule has 5 heteroatoms. The Morgan fingerprint density at radius 2 is 2.06 bits per heavy atom. The second kappa shape index (κ2) is 4.76. The number of rotatable bonds is 3. The van der Waals surface area contributed by atoms with Crippen LogP contribution in [0.1, 0.15) is 0 Å². The van der Waals surface area contributed by atoms with Gasteiger partial charge in [0.15, 0.2) is 0 Å². The molecule has 4 nitrogen and oxygen atoms in total. The molecule has 0 aliphatic rings. The third-order valence-electron chi connectivity index (χ3n) is 1.83. The molecule has 0 atom stereocenters. The molecule has 1 aromatic carbocycles. The van der Waals surface area contributed by atoms with Crippen LogP contribution in [0.3, 0.4) is 0 Å². The van der Waals surface area contributed by atoms with Gasteiger partial charge in [0.1, 0.15) is 11.5 Å². The van der Waals surface area contributed by atoms with Gasteiger partial charge in [-0.3, -0.25) is 4.79 Å². The highest BCUT2D eigenvalue weighted by atomic mass is 32.1. The van der Waals surface area contributed by atoms with Gasteiger partial charge in [-0.2, -0.15) is 4.98 Å². The molecule has 0 spiro atoms. The average molecular weight is 235 g/mol. The van der Waals surface area contributed by atoms with Gasteiger partial charge in [-0.1, -0.05) is 17.4 Å². The first-order valence-electron chi connectivity index (χ1n) is 4.56. The van der Waals surface area contributed by atoms with Crippen molar-refractivity contribution in [3.8, 4) is 16.7 Å². The fourth-order valence-corrected chi connectivity index (χ4v) is 1.70. The Hall–Kier alpha value is -1.88. The molecule has 2 rings (SSSR count). The van der Waals surface area contributed by atoms with Gasteiger partial charge in [0.05, 0.1) is 7.11 Å². The van der Waals surface area contributed by atoms with Gasteiger partial charge >= 0.3 is 0 Å². The first-order valence-corrected chi connectivity index (χ1v) is 5.43. The number of benzene rings is 1. The molecule has 0 saturated carbocycles. The zero-order valence-electron chi connectivity index (χ0n) is 8.54. The molecular weight excluding hydrogens is 226 g/mol. The van der Waals surface area contributed by atoms with Crippen LogP contribution < -0.4 is 15.0 Å². The number of hydrogen-bond donors (Lipinski definition) is 0. The lowest BCUT2D eigenvalue weighted by Crippen LogP contribution is -2.02. The van der Waals surface area contributed by atoms with Crippen molar-refractivity contribution in [2.24, 2.45) is 0 Å². The molecule has 0 N–H and O–H groups in total. The fourth-order valence-electron chi connectivity index (χ4n) is 1.12. The van der Waals surface area contributed by atoms with E-state index in [2.05, 4.69) is 4.98 Å². The summed E-state index contributed by atoms with van der Waals surface area (Å²) in [6.45, 7) is 0. The van der Waals surface area contributed by atoms with Crippen molar-refractivity contribution >= 4 is 11.3 Å². The van der Waals surface area contributed by atoms with Crippen molar-refractivity contribution in [3.63, 3.8) is 0 Å². The lowest BCUT2D eigenvalue weighted by molar-refractivity contribution is 0.408. The Balaban J connectivity index is 2.23. The minimum Gasteiger partial charge on any atom is -0.497 e. The molecule has 0 unspecified atom stereocenters. The summed E-state index contributed by atoms with van der Waals surface area (Å²) in [6, 6.07) is 8.51. The van der Waals surface area contributed by atoms with E-state index in [4.69, 9.17) is 9.47 Å². The molecular formula is C11H9NO3S. The summed E-state index contributed by atoms with van der Waals surface area (Å²) < 4.78 is 10.5. The summed E-state index contributed by atoms with van der Waals surface area (Å²) in [4.78, 5) is 14.7. The van der Waals surface area contributed by atoms with Crippen LogP contribution in [0.25, 0.3) is 0 Å². The summed E-state index contributed by atoms with van der Waals surface area (Å²) in [6.07, 6.45) is 0. The summed E-state index contributed by atoms with van der Waals surface area (Å²) in [5, 5.41) is 1.96. The smallest absolute Gasteiger partial charge is 0.282 e. The third kappa shape index (κ3) is 2.58. The zero-order chi connectivity index (χ0) is 11.4. The number of ether oxygens (including phenoxy) is 2. The number of methoxy groups -OCH3 is 1. The lowest BCUT2D eigenvalue weighted by atomic mass is 10.3. The molecule has 1 heterocycles. The van der Waals surface area contributed by atoms with E-state index in [0.717, 1.165) is 0 Å². The van der Waals surface area contributed by atoms with Crippen LogP contribution in [0, 0.1) is 0 Å². The van der Waals surface area contributed by atoms with Crippen LogP contribution >= 0.6 is 11.3 Å². The second-order valence-corrected chi connectivity index (χ2v) is 3.77. The summed E-state index contributed by atoms with van der Waals surface area (Å²) in [5.74, 6) is 1.29. The van der Waals surface area contributed by atoms with E-state index < -0.39 is 0 Å². The number of nitrogens with zero attached hydrogens (tertiary/aromatic N) is 1. The van der Waals surface area contributed by atoms with Crippen molar-refractivity contribution in [2.45, 2.75) is 0 Å². The minimum absolute atomic E-state index is 0.309. The Kier molecular flexibility index (Phi) is 3.16. The average Bonchev–Trinajstić information content (AvgIpc) is 2.29. The molecule has 0 aliphatic heterocycles. The Morgan fingerprint density at radius 3 is 2.81 bits per heavy atom. The van der Waals surface area contributed by atoms with Crippen molar-refractivity contribution in [1.82, 2.24) is 4.98 Å². The maximum atomic E-state index is 11.0. The highest BCUT2D eigenvalue weighted by Gasteiger charge is 2.01. The van der Waals surface area contributed by atoms with E-state index in [1.54, 1.807) is 30.7 Å². The van der Waals surface area contributed by atoms with Crippen LogP contribution in [-0.2, 0) is 0 Å². The maximum absolute atomic E-state index is 11.0. The topological polar surface area (TPSA) is 48.4 Å². The van der Waals surface area contributed by atoms with Gasteiger partial charge in [-0.25, -0.2) is 0 Å². The van der Waals surface area contributed by atoms with Crippen LogP contribution in [-0.4, -0.2) is 12.1 Å². The first kappa shape index (κ1) is 10.6.